The molecule has 0 aromatic carbocycles. The average Bonchev–Trinajstić information content (AvgIpc) is 3.51. The molecule has 0 bridgehead atoms. The lowest BCUT2D eigenvalue weighted by atomic mass is 9.39. The van der Waals surface area contributed by atoms with E-state index in [4.69, 9.17) is 4.74 Å². The van der Waals surface area contributed by atoms with Crippen LogP contribution in [-0.4, -0.2) is 51.7 Å². The van der Waals surface area contributed by atoms with Crippen LogP contribution in [0.1, 0.15) is 87.0 Å². The Bertz CT molecular complexity index is 1260. The van der Waals surface area contributed by atoms with Crippen molar-refractivity contribution in [3.8, 4) is 0 Å². The number of carbonyl (C=O) groups excluding carboxylic acids is 5. The van der Waals surface area contributed by atoms with Crippen molar-refractivity contribution in [1.29, 1.82) is 0 Å². The van der Waals surface area contributed by atoms with Gasteiger partial charge in [0.25, 0.3) is 0 Å². The summed E-state index contributed by atoms with van der Waals surface area (Å²) in [6.07, 6.45) is 1.80. The van der Waals surface area contributed by atoms with Gasteiger partial charge in [0.05, 0.1) is 28.3 Å². The molecule has 206 valence electrons. The molecule has 5 aliphatic rings. The van der Waals surface area contributed by atoms with Crippen molar-refractivity contribution >= 4 is 34.9 Å². The molecule has 0 radical (unpaired) electrons. The standard InChI is InChI=1S/C30H38O8/c1-15(24(36)37)10-17(32)13-29(16(2)31)14-22(35)28(7)27(29,6)21(34)11-19-26(5)9-8-20(33)25(3,4)18(26)12-23-30(19,28)38-23/h11,15,18,23H,8-10,12-14H2,1-7H3,(H,36,37)/t15-,18-,23-,26-,27-,28+,29+,30+/m0/s1. The van der Waals surface area contributed by atoms with Gasteiger partial charge in [0, 0.05) is 31.1 Å². The highest BCUT2D eigenvalue weighted by Gasteiger charge is 2.88. The molecule has 0 amide bonds. The maximum Gasteiger partial charge on any atom is 0.306 e. The quantitative estimate of drug-likeness (QED) is 0.518. The number of carbonyl (C=O) groups is 6. The van der Waals surface area contributed by atoms with Gasteiger partial charge < -0.3 is 9.84 Å². The second-order valence-electron chi connectivity index (χ2n) is 13.8. The monoisotopic (exact) mass is 526 g/mol. The molecule has 1 aliphatic heterocycles. The molecule has 8 atom stereocenters. The molecule has 8 nitrogen and oxygen atoms in total. The summed E-state index contributed by atoms with van der Waals surface area (Å²) in [6.45, 7) is 12.1. The van der Waals surface area contributed by atoms with E-state index >= 15 is 0 Å². The second kappa shape index (κ2) is 7.58. The molecule has 1 N–H and O–H groups in total. The third-order valence-electron chi connectivity index (χ3n) is 12.0. The van der Waals surface area contributed by atoms with Crippen LogP contribution in [0.5, 0.6) is 0 Å². The van der Waals surface area contributed by atoms with Gasteiger partial charge in [-0.2, -0.15) is 0 Å². The molecule has 1 spiro atoms. The highest BCUT2D eigenvalue weighted by molar-refractivity contribution is 6.14. The zero-order valence-corrected chi connectivity index (χ0v) is 23.4. The number of aliphatic carboxylic acids is 1. The highest BCUT2D eigenvalue weighted by Crippen LogP contribution is 2.80. The summed E-state index contributed by atoms with van der Waals surface area (Å²) in [6, 6.07) is 0. The van der Waals surface area contributed by atoms with Gasteiger partial charge in [-0.05, 0) is 49.7 Å². The Morgan fingerprint density at radius 2 is 1.68 bits per heavy atom. The van der Waals surface area contributed by atoms with Crippen LogP contribution in [0.3, 0.4) is 0 Å². The lowest BCUT2D eigenvalue weighted by molar-refractivity contribution is -0.161. The molecule has 8 heteroatoms. The Balaban J connectivity index is 1.66. The predicted molar refractivity (Wildman–Crippen MR) is 135 cm³/mol. The molecule has 5 rings (SSSR count). The predicted octanol–water partition coefficient (Wildman–Crippen LogP) is 3.68. The zero-order valence-electron chi connectivity index (χ0n) is 23.4. The van der Waals surface area contributed by atoms with Crippen molar-refractivity contribution in [2.45, 2.75) is 98.7 Å². The number of hydrogen-bond acceptors (Lipinski definition) is 7. The van der Waals surface area contributed by atoms with Crippen molar-refractivity contribution in [3.05, 3.63) is 11.6 Å². The van der Waals surface area contributed by atoms with Crippen molar-refractivity contribution in [2.24, 2.45) is 38.9 Å². The summed E-state index contributed by atoms with van der Waals surface area (Å²) in [5.41, 5.74) is -5.94. The minimum Gasteiger partial charge on any atom is -0.481 e. The number of carboxylic acid groups (broad SMARTS) is 1. The zero-order chi connectivity index (χ0) is 28.4. The van der Waals surface area contributed by atoms with E-state index in [1.165, 1.54) is 13.8 Å². The first-order valence-electron chi connectivity index (χ1n) is 13.6. The van der Waals surface area contributed by atoms with E-state index < -0.39 is 56.1 Å². The number of ether oxygens (including phenoxy) is 1. The number of ketones is 5. The first kappa shape index (κ1) is 27.1. The Kier molecular flexibility index (Phi) is 5.41. The van der Waals surface area contributed by atoms with E-state index in [0.29, 0.717) is 19.3 Å². The number of fused-ring (bicyclic) bond motifs is 3. The molecule has 0 aromatic heterocycles. The molecule has 3 saturated carbocycles. The van der Waals surface area contributed by atoms with Gasteiger partial charge in [0.15, 0.2) is 5.78 Å². The highest BCUT2D eigenvalue weighted by atomic mass is 16.6. The molecule has 1 saturated heterocycles. The average molecular weight is 527 g/mol. The van der Waals surface area contributed by atoms with E-state index in [1.54, 1.807) is 19.9 Å². The fourth-order valence-electron chi connectivity index (χ4n) is 9.40. The van der Waals surface area contributed by atoms with Gasteiger partial charge in [0.2, 0.25) is 0 Å². The number of hydrogen-bond donors (Lipinski definition) is 1. The van der Waals surface area contributed by atoms with Gasteiger partial charge in [-0.15, -0.1) is 0 Å². The van der Waals surface area contributed by atoms with Gasteiger partial charge >= 0.3 is 5.97 Å². The van der Waals surface area contributed by atoms with Crippen molar-refractivity contribution in [3.63, 3.8) is 0 Å². The topological polar surface area (TPSA) is 135 Å². The van der Waals surface area contributed by atoms with Crippen LogP contribution >= 0.6 is 0 Å². The largest absolute Gasteiger partial charge is 0.481 e. The fraction of sp³-hybridized carbons (Fsp3) is 0.733. The lowest BCUT2D eigenvalue weighted by Crippen LogP contribution is -2.67. The SMILES string of the molecule is CC(=O)[C@@]1(CC(=O)C[C@H](C)C(=O)O)CC(=O)[C@]2(C)[C@]1(C)C(=O)C=C1[C@]23O[C@H]3C[C@H]2C(C)(C)C(=O)CC[C@]12C. The van der Waals surface area contributed by atoms with Crippen LogP contribution in [0.4, 0.5) is 0 Å². The van der Waals surface area contributed by atoms with Crippen LogP contribution < -0.4 is 0 Å². The third-order valence-corrected chi connectivity index (χ3v) is 12.0. The minimum absolute atomic E-state index is 0.0583. The molecule has 0 unspecified atom stereocenters. The molecule has 1 heterocycles. The Hall–Kier alpha value is -2.48. The van der Waals surface area contributed by atoms with E-state index in [0.717, 1.165) is 5.57 Å². The van der Waals surface area contributed by atoms with Gasteiger partial charge in [-0.3, -0.25) is 28.8 Å². The summed E-state index contributed by atoms with van der Waals surface area (Å²) in [4.78, 5) is 79.4. The molecule has 4 fully saturated rings. The summed E-state index contributed by atoms with van der Waals surface area (Å²) >= 11 is 0. The van der Waals surface area contributed by atoms with Crippen molar-refractivity contribution in [2.75, 3.05) is 0 Å². The normalized spacial score (nSPS) is 45.2. The Labute approximate surface area is 222 Å². The maximum absolute atomic E-state index is 14.3. The summed E-state index contributed by atoms with van der Waals surface area (Å²) in [7, 11) is 0. The van der Waals surface area contributed by atoms with Crippen LogP contribution in [0.25, 0.3) is 0 Å². The van der Waals surface area contributed by atoms with Gasteiger partial charge in [0.1, 0.15) is 28.7 Å². The number of epoxide rings is 1. The minimum atomic E-state index is -1.59. The molecular weight excluding hydrogens is 488 g/mol. The van der Waals surface area contributed by atoms with E-state index in [-0.39, 0.29) is 48.6 Å². The van der Waals surface area contributed by atoms with Crippen LogP contribution in [-0.2, 0) is 33.5 Å². The first-order valence-corrected chi connectivity index (χ1v) is 13.6. The van der Waals surface area contributed by atoms with Gasteiger partial charge in [-0.25, -0.2) is 0 Å². The fourth-order valence-corrected chi connectivity index (χ4v) is 9.40. The second-order valence-corrected chi connectivity index (χ2v) is 13.8. The molecule has 0 aromatic rings. The molecule has 38 heavy (non-hydrogen) atoms. The molecule has 4 aliphatic carbocycles. The number of Topliss-reactive ketones (excluding diaryl/α,β-unsaturated/α-hetero) is 4. The molecular formula is C30H38O8. The Morgan fingerprint density at radius 3 is 2.26 bits per heavy atom. The smallest absolute Gasteiger partial charge is 0.306 e. The Morgan fingerprint density at radius 1 is 1.05 bits per heavy atom. The summed E-state index contributed by atoms with van der Waals surface area (Å²) in [5, 5.41) is 9.30. The van der Waals surface area contributed by atoms with Crippen molar-refractivity contribution in [1.82, 2.24) is 0 Å². The van der Waals surface area contributed by atoms with Crippen LogP contribution in [0, 0.1) is 38.9 Å². The van der Waals surface area contributed by atoms with Crippen LogP contribution in [0.15, 0.2) is 11.6 Å². The van der Waals surface area contributed by atoms with E-state index in [9.17, 15) is 33.9 Å². The maximum atomic E-state index is 14.3. The van der Waals surface area contributed by atoms with Crippen molar-refractivity contribution < 1.29 is 38.6 Å². The number of allylic oxidation sites excluding steroid dienone is 1. The van der Waals surface area contributed by atoms with E-state index in [2.05, 4.69) is 6.92 Å². The number of carboxylic acids is 1. The lowest BCUT2D eigenvalue weighted by Gasteiger charge is -2.60. The first-order chi connectivity index (χ1) is 17.4. The summed E-state index contributed by atoms with van der Waals surface area (Å²) in [5.74, 6) is -3.46. The van der Waals surface area contributed by atoms with E-state index in [1.807, 2.05) is 13.8 Å². The number of rotatable bonds is 6. The third kappa shape index (κ3) is 2.75. The summed E-state index contributed by atoms with van der Waals surface area (Å²) < 4.78 is 6.50. The van der Waals surface area contributed by atoms with Gasteiger partial charge in [-0.1, -0.05) is 34.6 Å². The van der Waals surface area contributed by atoms with Crippen LogP contribution in [0.2, 0.25) is 0 Å².